The molecule has 0 aliphatic heterocycles. The van der Waals surface area contributed by atoms with Crippen molar-refractivity contribution in [1.29, 1.82) is 0 Å². The summed E-state index contributed by atoms with van der Waals surface area (Å²) >= 11 is 0. The molecule has 8 heteroatoms. The Kier molecular flexibility index (Phi) is 20.1. The number of hydrogen-bond donors (Lipinski definition) is 7. The van der Waals surface area contributed by atoms with Crippen molar-refractivity contribution < 1.29 is 35.4 Å². The lowest BCUT2D eigenvalue weighted by Gasteiger charge is -2.23. The summed E-state index contributed by atoms with van der Waals surface area (Å²) in [6, 6.07) is 0. The number of carboxylic acids is 1. The van der Waals surface area contributed by atoms with Crippen LogP contribution in [0.3, 0.4) is 0 Å². The van der Waals surface area contributed by atoms with Gasteiger partial charge in [0.05, 0.1) is 6.61 Å². The van der Waals surface area contributed by atoms with E-state index in [1.54, 1.807) is 0 Å². The number of aliphatic carboxylic acids is 1. The summed E-state index contributed by atoms with van der Waals surface area (Å²) in [4.78, 5) is 10.1. The van der Waals surface area contributed by atoms with Gasteiger partial charge in [-0.3, -0.25) is 0 Å². The Hall–Kier alpha value is -0.770. The van der Waals surface area contributed by atoms with E-state index < -0.39 is 37.0 Å². The van der Waals surface area contributed by atoms with Gasteiger partial charge in [-0.2, -0.15) is 0 Å². The number of unbranched alkanes of at least 4 members (excludes halogenated alkanes) is 9. The topological polar surface area (TPSA) is 164 Å². The summed E-state index contributed by atoms with van der Waals surface area (Å²) in [5.74, 6) is -1.73. The summed E-state index contributed by atoms with van der Waals surface area (Å²) in [5.41, 5.74) is 5.42. The second-order valence-corrected chi connectivity index (χ2v) is 6.48. The normalized spacial score (nSPS) is 15.5. The number of aliphatic hydroxyl groups is 5. The third-order valence-corrected chi connectivity index (χ3v) is 4.07. The highest BCUT2D eigenvalue weighted by Crippen LogP contribution is 2.10. The molecule has 0 aliphatic rings. The summed E-state index contributed by atoms with van der Waals surface area (Å²) in [7, 11) is 0. The van der Waals surface area contributed by atoms with E-state index >= 15 is 0 Å². The van der Waals surface area contributed by atoms with Crippen LogP contribution < -0.4 is 5.73 Å². The quantitative estimate of drug-likeness (QED) is 0.200. The molecule has 0 saturated carbocycles. The smallest absolute Gasteiger partial charge is 0.335 e. The third kappa shape index (κ3) is 15.5. The standard InChI is InChI=1S/C12H27N.C6H12O7/c1-2-3-4-5-6-7-8-9-10-11-12-13;7-1-2(8)3(9)4(10)5(11)6(12)13/h2-13H2,1H3;2-5,7-11H,1H2,(H,12,13). The van der Waals surface area contributed by atoms with Gasteiger partial charge < -0.3 is 36.4 Å². The van der Waals surface area contributed by atoms with E-state index in [1.165, 1.54) is 64.2 Å². The van der Waals surface area contributed by atoms with Gasteiger partial charge in [0.2, 0.25) is 0 Å². The van der Waals surface area contributed by atoms with E-state index in [0.29, 0.717) is 0 Å². The van der Waals surface area contributed by atoms with Gasteiger partial charge in [0.15, 0.2) is 6.10 Å². The number of carbonyl (C=O) groups is 1. The summed E-state index contributed by atoms with van der Waals surface area (Å²) in [6.07, 6.45) is 6.10. The Morgan fingerprint density at radius 3 is 1.58 bits per heavy atom. The van der Waals surface area contributed by atoms with E-state index in [9.17, 15) is 4.79 Å². The molecule has 8 N–H and O–H groups in total. The SMILES string of the molecule is CCCCCCCCCCCCN.O=C(O)C(O)C(O)C(O)C(O)CO. The van der Waals surface area contributed by atoms with Crippen LogP contribution in [0.25, 0.3) is 0 Å². The first-order valence-corrected chi connectivity index (χ1v) is 9.59. The molecule has 0 rings (SSSR count). The Bertz CT molecular complexity index is 308. The van der Waals surface area contributed by atoms with Crippen molar-refractivity contribution in [2.45, 2.75) is 95.5 Å². The Morgan fingerprint density at radius 1 is 0.808 bits per heavy atom. The van der Waals surface area contributed by atoms with Crippen molar-refractivity contribution in [2.75, 3.05) is 13.2 Å². The van der Waals surface area contributed by atoms with Crippen LogP contribution in [0.4, 0.5) is 0 Å². The zero-order chi connectivity index (χ0) is 20.4. The van der Waals surface area contributed by atoms with Crippen LogP contribution >= 0.6 is 0 Å². The first-order valence-electron chi connectivity index (χ1n) is 9.59. The molecule has 8 nitrogen and oxygen atoms in total. The predicted octanol–water partition coefficient (Wildman–Crippen LogP) is 0.373. The van der Waals surface area contributed by atoms with Gasteiger partial charge in [-0.15, -0.1) is 0 Å². The highest BCUT2D eigenvalue weighted by Gasteiger charge is 2.33. The maximum atomic E-state index is 10.1. The van der Waals surface area contributed by atoms with Crippen LogP contribution in [-0.2, 0) is 4.79 Å². The van der Waals surface area contributed by atoms with Crippen LogP contribution in [0.2, 0.25) is 0 Å². The molecule has 0 aromatic carbocycles. The summed E-state index contributed by atoms with van der Waals surface area (Å²) in [5, 5.41) is 51.8. The zero-order valence-corrected chi connectivity index (χ0v) is 16.0. The second-order valence-electron chi connectivity index (χ2n) is 6.48. The van der Waals surface area contributed by atoms with Gasteiger partial charge in [0.25, 0.3) is 0 Å². The molecule has 0 radical (unpaired) electrons. The fourth-order valence-electron chi connectivity index (χ4n) is 2.30. The molecule has 4 atom stereocenters. The Balaban J connectivity index is 0. The highest BCUT2D eigenvalue weighted by atomic mass is 16.4. The first-order chi connectivity index (χ1) is 12.3. The number of carboxylic acid groups (broad SMARTS) is 1. The van der Waals surface area contributed by atoms with E-state index in [1.807, 2.05) is 0 Å². The van der Waals surface area contributed by atoms with Crippen LogP contribution in [0.15, 0.2) is 0 Å². The predicted molar refractivity (Wildman–Crippen MR) is 99.6 cm³/mol. The van der Waals surface area contributed by atoms with Crippen LogP contribution in [0, 0.1) is 0 Å². The summed E-state index contributed by atoms with van der Waals surface area (Å²) < 4.78 is 0. The maximum absolute atomic E-state index is 10.1. The van der Waals surface area contributed by atoms with Crippen LogP contribution in [0.5, 0.6) is 0 Å². The van der Waals surface area contributed by atoms with E-state index in [-0.39, 0.29) is 0 Å². The summed E-state index contributed by atoms with van der Waals surface area (Å²) in [6.45, 7) is 2.30. The lowest BCUT2D eigenvalue weighted by atomic mass is 10.0. The monoisotopic (exact) mass is 381 g/mol. The molecule has 4 unspecified atom stereocenters. The van der Waals surface area contributed by atoms with Gasteiger partial charge in [-0.1, -0.05) is 64.7 Å². The van der Waals surface area contributed by atoms with Gasteiger partial charge in [-0.05, 0) is 13.0 Å². The van der Waals surface area contributed by atoms with Crippen molar-refractivity contribution in [2.24, 2.45) is 5.73 Å². The number of rotatable bonds is 15. The Morgan fingerprint density at radius 2 is 1.23 bits per heavy atom. The zero-order valence-electron chi connectivity index (χ0n) is 16.0. The largest absolute Gasteiger partial charge is 0.479 e. The van der Waals surface area contributed by atoms with Crippen LogP contribution in [0.1, 0.15) is 71.1 Å². The minimum Gasteiger partial charge on any atom is -0.479 e. The van der Waals surface area contributed by atoms with Crippen LogP contribution in [-0.4, -0.2) is 74.2 Å². The molecule has 26 heavy (non-hydrogen) atoms. The molecular weight excluding hydrogens is 342 g/mol. The van der Waals surface area contributed by atoms with Gasteiger partial charge in [-0.25, -0.2) is 4.79 Å². The van der Waals surface area contributed by atoms with E-state index in [0.717, 1.165) is 6.54 Å². The molecule has 0 heterocycles. The molecule has 0 saturated heterocycles. The lowest BCUT2D eigenvalue weighted by Crippen LogP contribution is -2.48. The highest BCUT2D eigenvalue weighted by molar-refractivity contribution is 5.72. The average molecular weight is 382 g/mol. The molecule has 0 fully saturated rings. The van der Waals surface area contributed by atoms with Gasteiger partial charge in [0.1, 0.15) is 18.3 Å². The van der Waals surface area contributed by atoms with E-state index in [2.05, 4.69) is 6.92 Å². The fraction of sp³-hybridized carbons (Fsp3) is 0.944. The Labute approximate surface area is 156 Å². The number of hydrogen-bond acceptors (Lipinski definition) is 7. The first kappa shape index (κ1) is 27.4. The van der Waals surface area contributed by atoms with Crippen molar-refractivity contribution in [1.82, 2.24) is 0 Å². The lowest BCUT2D eigenvalue weighted by molar-refractivity contribution is -0.164. The van der Waals surface area contributed by atoms with Gasteiger partial charge in [0, 0.05) is 0 Å². The average Bonchev–Trinajstić information content (AvgIpc) is 2.64. The van der Waals surface area contributed by atoms with Crippen molar-refractivity contribution in [3.63, 3.8) is 0 Å². The number of nitrogens with two attached hydrogens (primary N) is 1. The molecule has 0 amide bonds. The van der Waals surface area contributed by atoms with Crippen molar-refractivity contribution >= 4 is 5.97 Å². The molecular formula is C18H39NO7. The van der Waals surface area contributed by atoms with Gasteiger partial charge >= 0.3 is 5.97 Å². The van der Waals surface area contributed by atoms with E-state index in [4.69, 9.17) is 36.4 Å². The molecule has 158 valence electrons. The second kappa shape index (κ2) is 19.0. The molecule has 0 bridgehead atoms. The molecule has 0 aliphatic carbocycles. The third-order valence-electron chi connectivity index (χ3n) is 4.07. The van der Waals surface area contributed by atoms with Crippen molar-refractivity contribution in [3.8, 4) is 0 Å². The molecule has 0 aromatic rings. The maximum Gasteiger partial charge on any atom is 0.335 e. The minimum atomic E-state index is -2.20. The van der Waals surface area contributed by atoms with Crippen molar-refractivity contribution in [3.05, 3.63) is 0 Å². The fourth-order valence-corrected chi connectivity index (χ4v) is 2.30. The molecule has 0 aromatic heterocycles. The number of aliphatic hydroxyl groups excluding tert-OH is 5. The molecule has 0 spiro atoms. The minimum absolute atomic E-state index is 0.843.